The quantitative estimate of drug-likeness (QED) is 0.716. The third-order valence-electron chi connectivity index (χ3n) is 4.90. The number of rotatable bonds is 5. The highest BCUT2D eigenvalue weighted by atomic mass is 16.2. The first-order chi connectivity index (χ1) is 13.7. The zero-order valence-corrected chi connectivity index (χ0v) is 15.5. The summed E-state index contributed by atoms with van der Waals surface area (Å²) in [5.41, 5.74) is 1.92. The number of benzene rings is 2. The number of amides is 2. The van der Waals surface area contributed by atoms with E-state index in [-0.39, 0.29) is 36.1 Å². The minimum Gasteiger partial charge on any atom is -0.295 e. The summed E-state index contributed by atoms with van der Waals surface area (Å²) in [7, 11) is 0. The predicted molar refractivity (Wildman–Crippen MR) is 106 cm³/mol. The van der Waals surface area contributed by atoms with E-state index >= 15 is 0 Å². The molecule has 0 unspecified atom stereocenters. The van der Waals surface area contributed by atoms with E-state index in [0.717, 1.165) is 11.1 Å². The lowest BCUT2D eigenvalue weighted by molar-refractivity contribution is -0.118. The lowest BCUT2D eigenvalue weighted by atomic mass is 9.96. The van der Waals surface area contributed by atoms with Gasteiger partial charge < -0.3 is 0 Å². The molecule has 7 nitrogen and oxygen atoms in total. The highest BCUT2D eigenvalue weighted by Crippen LogP contribution is 2.30. The van der Waals surface area contributed by atoms with E-state index in [1.54, 1.807) is 4.68 Å². The maximum atomic E-state index is 12.8. The van der Waals surface area contributed by atoms with Gasteiger partial charge in [0.25, 0.3) is 5.95 Å². The van der Waals surface area contributed by atoms with E-state index in [1.807, 2.05) is 67.6 Å². The average Bonchev–Trinajstić information content (AvgIpc) is 3.11. The molecule has 2 amide bonds. The van der Waals surface area contributed by atoms with Crippen LogP contribution in [0.5, 0.6) is 0 Å². The van der Waals surface area contributed by atoms with Gasteiger partial charge in [-0.15, -0.1) is 5.10 Å². The van der Waals surface area contributed by atoms with Gasteiger partial charge in [-0.25, -0.2) is 4.68 Å². The average molecular weight is 375 g/mol. The lowest BCUT2D eigenvalue weighted by Crippen LogP contribution is -2.29. The summed E-state index contributed by atoms with van der Waals surface area (Å²) in [6.45, 7) is 1.97. The number of hydrogen-bond donors (Lipinski definition) is 2. The highest BCUT2D eigenvalue weighted by Gasteiger charge is 2.30. The lowest BCUT2D eigenvalue weighted by Gasteiger charge is -2.23. The molecule has 0 radical (unpaired) electrons. The van der Waals surface area contributed by atoms with Crippen molar-refractivity contribution in [1.29, 1.82) is 0 Å². The number of hydrogen-bond acceptors (Lipinski definition) is 4. The molecular formula is C21H21N5O2. The number of nitrogens with one attached hydrogen (secondary N) is 2. The maximum Gasteiger partial charge on any atom is 0.250 e. The molecule has 0 bridgehead atoms. The Labute approximate surface area is 162 Å². The van der Waals surface area contributed by atoms with Crippen LogP contribution in [-0.2, 0) is 9.59 Å². The Balaban J connectivity index is 1.59. The summed E-state index contributed by atoms with van der Waals surface area (Å²) < 4.78 is 1.66. The molecule has 2 aromatic carbocycles. The summed E-state index contributed by atoms with van der Waals surface area (Å²) in [5, 5.41) is 9.98. The molecule has 0 fully saturated rings. The first-order valence-electron chi connectivity index (χ1n) is 9.33. The third-order valence-corrected chi connectivity index (χ3v) is 4.90. The van der Waals surface area contributed by atoms with Crippen LogP contribution in [-0.4, -0.2) is 26.6 Å². The van der Waals surface area contributed by atoms with Crippen LogP contribution in [0.3, 0.4) is 0 Å². The predicted octanol–water partition coefficient (Wildman–Crippen LogP) is 3.34. The van der Waals surface area contributed by atoms with Crippen LogP contribution < -0.4 is 10.6 Å². The first-order valence-corrected chi connectivity index (χ1v) is 9.33. The van der Waals surface area contributed by atoms with Gasteiger partial charge in [0, 0.05) is 0 Å². The molecule has 2 atom stereocenters. The normalized spacial score (nSPS) is 16.8. The van der Waals surface area contributed by atoms with Crippen molar-refractivity contribution in [2.24, 2.45) is 0 Å². The number of nitrogens with zero attached hydrogens (tertiary/aromatic N) is 3. The second-order valence-corrected chi connectivity index (χ2v) is 6.74. The van der Waals surface area contributed by atoms with Crippen LogP contribution in [0.15, 0.2) is 60.7 Å². The molecule has 1 aliphatic heterocycles. The molecule has 2 N–H and O–H groups in total. The Bertz CT molecular complexity index is 985. The van der Waals surface area contributed by atoms with Crippen LogP contribution in [0.1, 0.15) is 42.9 Å². The van der Waals surface area contributed by atoms with Crippen LogP contribution in [0.4, 0.5) is 11.9 Å². The van der Waals surface area contributed by atoms with Crippen molar-refractivity contribution >= 4 is 23.7 Å². The minimum atomic E-state index is -0.291. The third kappa shape index (κ3) is 3.51. The van der Waals surface area contributed by atoms with Gasteiger partial charge in [-0.2, -0.15) is 4.98 Å². The van der Waals surface area contributed by atoms with Crippen LogP contribution in [0, 0.1) is 0 Å². The van der Waals surface area contributed by atoms with Gasteiger partial charge in [-0.3, -0.25) is 20.2 Å². The number of aromatic nitrogens is 3. The fourth-order valence-corrected chi connectivity index (χ4v) is 3.51. The molecule has 1 aromatic heterocycles. The van der Waals surface area contributed by atoms with Crippen molar-refractivity contribution in [2.45, 2.75) is 31.7 Å². The summed E-state index contributed by atoms with van der Waals surface area (Å²) in [6, 6.07) is 19.1. The van der Waals surface area contributed by atoms with Gasteiger partial charge in [0.1, 0.15) is 0 Å². The molecule has 7 heteroatoms. The van der Waals surface area contributed by atoms with Crippen molar-refractivity contribution in [2.75, 3.05) is 10.6 Å². The second-order valence-electron chi connectivity index (χ2n) is 6.74. The molecule has 2 heterocycles. The Kier molecular flexibility index (Phi) is 4.89. The van der Waals surface area contributed by atoms with E-state index < -0.39 is 0 Å². The Morgan fingerprint density at radius 3 is 2.54 bits per heavy atom. The van der Waals surface area contributed by atoms with Crippen LogP contribution in [0.25, 0.3) is 0 Å². The van der Waals surface area contributed by atoms with E-state index in [2.05, 4.69) is 20.7 Å². The Hall–Kier alpha value is -3.48. The van der Waals surface area contributed by atoms with Crippen molar-refractivity contribution < 1.29 is 9.59 Å². The molecule has 0 saturated heterocycles. The fraction of sp³-hybridized carbons (Fsp3) is 0.238. The number of carbonyl (C=O) groups is 2. The molecule has 142 valence electrons. The summed E-state index contributed by atoms with van der Waals surface area (Å²) in [5.74, 6) is -0.0477. The molecule has 0 saturated carbocycles. The zero-order valence-electron chi connectivity index (χ0n) is 15.5. The van der Waals surface area contributed by atoms with E-state index in [1.165, 1.54) is 0 Å². The van der Waals surface area contributed by atoms with Gasteiger partial charge in [-0.05, 0) is 17.5 Å². The topological polar surface area (TPSA) is 88.9 Å². The molecule has 3 aromatic rings. The van der Waals surface area contributed by atoms with Crippen molar-refractivity contribution in [3.8, 4) is 0 Å². The minimum absolute atomic E-state index is 0.123. The Morgan fingerprint density at radius 1 is 1.18 bits per heavy atom. The van der Waals surface area contributed by atoms with Crippen molar-refractivity contribution in [1.82, 2.24) is 14.8 Å². The fourth-order valence-electron chi connectivity index (χ4n) is 3.51. The number of fused-ring (bicyclic) bond motifs is 1. The van der Waals surface area contributed by atoms with E-state index in [4.69, 9.17) is 0 Å². The van der Waals surface area contributed by atoms with Crippen LogP contribution >= 0.6 is 0 Å². The maximum absolute atomic E-state index is 12.8. The SMILES string of the molecule is CC[C@@H](C(=O)Nc1nc2n(n1)[C@@H](c1ccccc1)CC(=O)N2)c1ccccc1. The van der Waals surface area contributed by atoms with Gasteiger partial charge in [-0.1, -0.05) is 67.6 Å². The smallest absolute Gasteiger partial charge is 0.250 e. The van der Waals surface area contributed by atoms with E-state index in [0.29, 0.717) is 12.4 Å². The Morgan fingerprint density at radius 2 is 1.86 bits per heavy atom. The number of anilines is 2. The van der Waals surface area contributed by atoms with Gasteiger partial charge in [0.05, 0.1) is 18.4 Å². The monoisotopic (exact) mass is 375 g/mol. The van der Waals surface area contributed by atoms with E-state index in [9.17, 15) is 9.59 Å². The molecule has 4 rings (SSSR count). The zero-order chi connectivity index (χ0) is 19.5. The highest BCUT2D eigenvalue weighted by molar-refractivity contribution is 5.95. The molecule has 1 aliphatic rings. The number of carbonyl (C=O) groups excluding carboxylic acids is 2. The van der Waals surface area contributed by atoms with Gasteiger partial charge >= 0.3 is 0 Å². The standard InChI is InChI=1S/C21H21N5O2/c1-2-16(14-9-5-3-6-10-14)19(28)23-20-24-21-22-18(27)13-17(26(21)25-20)15-11-7-4-8-12-15/h3-12,16-17H,2,13H2,1H3,(H2,22,23,24,25,27,28)/t16-,17-/m1/s1. The first kappa shape index (κ1) is 17.9. The van der Waals surface area contributed by atoms with Crippen LogP contribution in [0.2, 0.25) is 0 Å². The summed E-state index contributed by atoms with van der Waals surface area (Å²) in [6.07, 6.45) is 0.933. The second kappa shape index (κ2) is 7.64. The summed E-state index contributed by atoms with van der Waals surface area (Å²) in [4.78, 5) is 29.2. The van der Waals surface area contributed by atoms with Crippen molar-refractivity contribution in [3.63, 3.8) is 0 Å². The molecule has 0 spiro atoms. The van der Waals surface area contributed by atoms with Gasteiger partial charge in [0.15, 0.2) is 0 Å². The molecule has 0 aliphatic carbocycles. The molecule has 28 heavy (non-hydrogen) atoms. The van der Waals surface area contributed by atoms with Gasteiger partial charge in [0.2, 0.25) is 17.8 Å². The van der Waals surface area contributed by atoms with Crippen molar-refractivity contribution in [3.05, 3.63) is 71.8 Å². The molecular weight excluding hydrogens is 354 g/mol. The summed E-state index contributed by atoms with van der Waals surface area (Å²) >= 11 is 0. The largest absolute Gasteiger partial charge is 0.295 e.